The van der Waals surface area contributed by atoms with Crippen molar-refractivity contribution in [1.82, 2.24) is 10.2 Å². The van der Waals surface area contributed by atoms with Crippen molar-refractivity contribution in [3.05, 3.63) is 0 Å². The van der Waals surface area contributed by atoms with E-state index in [0.29, 0.717) is 0 Å². The van der Waals surface area contributed by atoms with Crippen molar-refractivity contribution >= 4 is 5.91 Å². The Labute approximate surface area is 97.3 Å². The van der Waals surface area contributed by atoms with Gasteiger partial charge in [0.25, 0.3) is 0 Å². The third kappa shape index (κ3) is 2.74. The zero-order chi connectivity index (χ0) is 11.4. The van der Waals surface area contributed by atoms with Crippen LogP contribution in [0, 0.1) is 0 Å². The number of rotatable bonds is 2. The molecule has 2 aliphatic rings. The summed E-state index contributed by atoms with van der Waals surface area (Å²) in [6.45, 7) is 2.66. The molecule has 0 aromatic carbocycles. The maximum absolute atomic E-state index is 12.2. The Kier molecular flexibility index (Phi) is 4.18. The van der Waals surface area contributed by atoms with Crippen molar-refractivity contribution in [3.8, 4) is 0 Å². The molecule has 0 aromatic heterocycles. The van der Waals surface area contributed by atoms with Crippen LogP contribution in [0.5, 0.6) is 0 Å². The highest BCUT2D eigenvalue weighted by Crippen LogP contribution is 2.16. The molecule has 2 heterocycles. The molecule has 0 aromatic rings. The molecule has 4 nitrogen and oxygen atoms in total. The maximum Gasteiger partial charge on any atom is 0.239 e. The minimum absolute atomic E-state index is 0.0596. The first kappa shape index (κ1) is 11.9. The summed E-state index contributed by atoms with van der Waals surface area (Å²) in [5, 5.41) is 3.32. The van der Waals surface area contributed by atoms with Crippen LogP contribution in [0.2, 0.25) is 0 Å². The first-order valence-corrected chi connectivity index (χ1v) is 6.36. The zero-order valence-electron chi connectivity index (χ0n) is 10.1. The molecule has 4 heteroatoms. The number of hydrogen-bond donors (Lipinski definition) is 1. The summed E-state index contributed by atoms with van der Waals surface area (Å²) in [5.74, 6) is 0.279. The van der Waals surface area contributed by atoms with E-state index in [2.05, 4.69) is 5.32 Å². The van der Waals surface area contributed by atoms with Gasteiger partial charge in [-0.25, -0.2) is 0 Å². The second-order valence-electron chi connectivity index (χ2n) is 4.79. The van der Waals surface area contributed by atoms with Gasteiger partial charge in [0.1, 0.15) is 0 Å². The molecule has 2 aliphatic heterocycles. The van der Waals surface area contributed by atoms with Crippen LogP contribution in [0.3, 0.4) is 0 Å². The second-order valence-corrected chi connectivity index (χ2v) is 4.79. The van der Waals surface area contributed by atoms with Gasteiger partial charge in [0, 0.05) is 20.2 Å². The standard InChI is InChI=1S/C12H22N2O2/c1-16-10-5-4-8-14(9-10)12(15)11-6-2-3-7-13-11/h10-11,13H,2-9H2,1H3/t10-,11-/m0/s1. The molecule has 0 aliphatic carbocycles. The van der Waals surface area contributed by atoms with Crippen LogP contribution in [0.1, 0.15) is 32.1 Å². The quantitative estimate of drug-likeness (QED) is 0.756. The highest BCUT2D eigenvalue weighted by molar-refractivity contribution is 5.82. The number of carbonyl (C=O) groups is 1. The predicted molar refractivity (Wildman–Crippen MR) is 62.3 cm³/mol. The number of nitrogens with one attached hydrogen (secondary N) is 1. The highest BCUT2D eigenvalue weighted by Gasteiger charge is 2.29. The number of hydrogen-bond acceptors (Lipinski definition) is 3. The molecule has 1 amide bonds. The van der Waals surface area contributed by atoms with Crippen molar-refractivity contribution in [3.63, 3.8) is 0 Å². The number of methoxy groups -OCH3 is 1. The molecule has 2 rings (SSSR count). The Balaban J connectivity index is 1.87. The van der Waals surface area contributed by atoms with Crippen molar-refractivity contribution in [2.75, 3.05) is 26.7 Å². The summed E-state index contributed by atoms with van der Waals surface area (Å²) >= 11 is 0. The molecule has 2 fully saturated rings. The van der Waals surface area contributed by atoms with Crippen LogP contribution in [-0.4, -0.2) is 49.7 Å². The number of likely N-dealkylation sites (tertiary alicyclic amines) is 1. The van der Waals surface area contributed by atoms with Crippen molar-refractivity contribution in [2.45, 2.75) is 44.2 Å². The summed E-state index contributed by atoms with van der Waals surface area (Å²) in [6, 6.07) is 0.0596. The van der Waals surface area contributed by atoms with E-state index >= 15 is 0 Å². The molecule has 0 spiro atoms. The third-order valence-electron chi connectivity index (χ3n) is 3.63. The summed E-state index contributed by atoms with van der Waals surface area (Å²) in [7, 11) is 1.73. The lowest BCUT2D eigenvalue weighted by Gasteiger charge is -2.35. The largest absolute Gasteiger partial charge is 0.380 e. The van der Waals surface area contributed by atoms with E-state index < -0.39 is 0 Å². The smallest absolute Gasteiger partial charge is 0.239 e. The van der Waals surface area contributed by atoms with Gasteiger partial charge in [-0.05, 0) is 32.2 Å². The van der Waals surface area contributed by atoms with Crippen LogP contribution in [0.4, 0.5) is 0 Å². The number of piperidine rings is 2. The Hall–Kier alpha value is -0.610. The first-order valence-electron chi connectivity index (χ1n) is 6.36. The second kappa shape index (κ2) is 5.64. The minimum Gasteiger partial charge on any atom is -0.380 e. The topological polar surface area (TPSA) is 41.6 Å². The first-order chi connectivity index (χ1) is 7.81. The SMILES string of the molecule is CO[C@H]1CCCN(C(=O)[C@@H]2CCCCN2)C1. The van der Waals surface area contributed by atoms with Crippen LogP contribution in [-0.2, 0) is 9.53 Å². The molecule has 1 N–H and O–H groups in total. The normalized spacial score (nSPS) is 31.4. The molecular formula is C12H22N2O2. The van der Waals surface area contributed by atoms with Gasteiger partial charge in [-0.1, -0.05) is 6.42 Å². The molecular weight excluding hydrogens is 204 g/mol. The van der Waals surface area contributed by atoms with E-state index in [1.165, 1.54) is 12.8 Å². The van der Waals surface area contributed by atoms with Crippen molar-refractivity contribution < 1.29 is 9.53 Å². The van der Waals surface area contributed by atoms with E-state index in [4.69, 9.17) is 4.74 Å². The highest BCUT2D eigenvalue weighted by atomic mass is 16.5. The van der Waals surface area contributed by atoms with Crippen LogP contribution in [0.15, 0.2) is 0 Å². The number of ether oxygens (including phenoxy) is 1. The fourth-order valence-corrected chi connectivity index (χ4v) is 2.61. The minimum atomic E-state index is 0.0596. The van der Waals surface area contributed by atoms with E-state index in [1.807, 2.05) is 4.90 Å². The van der Waals surface area contributed by atoms with Crippen molar-refractivity contribution in [2.24, 2.45) is 0 Å². The fraction of sp³-hybridized carbons (Fsp3) is 0.917. The fourth-order valence-electron chi connectivity index (χ4n) is 2.61. The predicted octanol–water partition coefficient (Wildman–Crippen LogP) is 0.766. The third-order valence-corrected chi connectivity index (χ3v) is 3.63. The lowest BCUT2D eigenvalue weighted by Crippen LogP contribution is -2.52. The zero-order valence-corrected chi connectivity index (χ0v) is 10.1. The lowest BCUT2D eigenvalue weighted by atomic mass is 10.0. The summed E-state index contributed by atoms with van der Waals surface area (Å²) in [6.07, 6.45) is 5.75. The molecule has 92 valence electrons. The summed E-state index contributed by atoms with van der Waals surface area (Å²) in [5.41, 5.74) is 0. The molecule has 0 bridgehead atoms. The van der Waals surface area contributed by atoms with Gasteiger partial charge < -0.3 is 15.0 Å². The van der Waals surface area contributed by atoms with E-state index in [0.717, 1.165) is 38.9 Å². The van der Waals surface area contributed by atoms with E-state index in [1.54, 1.807) is 7.11 Å². The molecule has 0 unspecified atom stereocenters. The Bertz CT molecular complexity index is 239. The monoisotopic (exact) mass is 226 g/mol. The average Bonchev–Trinajstić information content (AvgIpc) is 2.39. The summed E-state index contributed by atoms with van der Waals surface area (Å²) < 4.78 is 5.34. The lowest BCUT2D eigenvalue weighted by molar-refractivity contribution is -0.137. The number of amides is 1. The van der Waals surface area contributed by atoms with E-state index in [-0.39, 0.29) is 18.1 Å². The van der Waals surface area contributed by atoms with Gasteiger partial charge in [0.2, 0.25) is 5.91 Å². The Morgan fingerprint density at radius 1 is 1.31 bits per heavy atom. The number of nitrogens with zero attached hydrogens (tertiary/aromatic N) is 1. The van der Waals surface area contributed by atoms with E-state index in [9.17, 15) is 4.79 Å². The molecule has 2 atom stereocenters. The van der Waals surface area contributed by atoms with Crippen LogP contribution >= 0.6 is 0 Å². The van der Waals surface area contributed by atoms with Crippen LogP contribution < -0.4 is 5.32 Å². The number of carbonyl (C=O) groups excluding carboxylic acids is 1. The molecule has 16 heavy (non-hydrogen) atoms. The van der Waals surface area contributed by atoms with Gasteiger partial charge in [-0.3, -0.25) is 4.79 Å². The van der Waals surface area contributed by atoms with Gasteiger partial charge in [0.15, 0.2) is 0 Å². The van der Waals surface area contributed by atoms with Gasteiger partial charge in [0.05, 0.1) is 12.1 Å². The Morgan fingerprint density at radius 3 is 2.88 bits per heavy atom. The van der Waals surface area contributed by atoms with Gasteiger partial charge in [-0.15, -0.1) is 0 Å². The molecule has 0 saturated carbocycles. The Morgan fingerprint density at radius 2 is 2.19 bits per heavy atom. The summed E-state index contributed by atoms with van der Waals surface area (Å²) in [4.78, 5) is 14.2. The molecule has 2 saturated heterocycles. The van der Waals surface area contributed by atoms with Gasteiger partial charge >= 0.3 is 0 Å². The van der Waals surface area contributed by atoms with Gasteiger partial charge in [-0.2, -0.15) is 0 Å². The average molecular weight is 226 g/mol. The van der Waals surface area contributed by atoms with Crippen molar-refractivity contribution in [1.29, 1.82) is 0 Å². The van der Waals surface area contributed by atoms with Crippen LogP contribution in [0.25, 0.3) is 0 Å². The molecule has 0 radical (unpaired) electrons. The maximum atomic E-state index is 12.2.